The van der Waals surface area contributed by atoms with Crippen molar-refractivity contribution < 1.29 is 14.0 Å². The first-order valence-corrected chi connectivity index (χ1v) is 7.36. The number of ketones is 1. The van der Waals surface area contributed by atoms with Crippen LogP contribution in [-0.4, -0.2) is 23.8 Å². The average Bonchev–Trinajstić information content (AvgIpc) is 2.52. The number of benzene rings is 2. The fourth-order valence-electron chi connectivity index (χ4n) is 2.68. The number of Topliss-reactive ketones (excluding diaryl/α,β-unsaturated/α-hetero) is 1. The molecule has 1 heterocycles. The largest absolute Gasteiger partial charge is 0.370 e. The van der Waals surface area contributed by atoms with Gasteiger partial charge < -0.3 is 10.2 Å². The minimum absolute atomic E-state index is 0.0768. The van der Waals surface area contributed by atoms with Crippen molar-refractivity contribution in [1.82, 2.24) is 0 Å². The van der Waals surface area contributed by atoms with E-state index in [1.165, 1.54) is 29.2 Å². The number of hydrogen-bond acceptors (Lipinski definition) is 3. The van der Waals surface area contributed by atoms with Crippen LogP contribution >= 0.6 is 0 Å². The summed E-state index contributed by atoms with van der Waals surface area (Å²) in [5.41, 5.74) is 1.07. The maximum absolute atomic E-state index is 13.0. The number of fused-ring (bicyclic) bond motifs is 1. The number of para-hydroxylation sites is 2. The molecular formula is C18H17FN2O2. The third kappa shape index (κ3) is 2.82. The summed E-state index contributed by atoms with van der Waals surface area (Å²) in [6.45, 7) is 3.48. The quantitative estimate of drug-likeness (QED) is 0.885. The molecule has 23 heavy (non-hydrogen) atoms. The lowest BCUT2D eigenvalue weighted by atomic mass is 9.97. The Morgan fingerprint density at radius 3 is 2.48 bits per heavy atom. The Balaban J connectivity index is 1.93. The molecule has 1 aliphatic heterocycles. The van der Waals surface area contributed by atoms with E-state index in [2.05, 4.69) is 5.32 Å². The molecule has 0 aliphatic carbocycles. The van der Waals surface area contributed by atoms with Crippen LogP contribution in [0, 0.1) is 5.82 Å². The first-order chi connectivity index (χ1) is 10.9. The maximum atomic E-state index is 13.0. The van der Waals surface area contributed by atoms with Gasteiger partial charge in [0, 0.05) is 5.56 Å². The minimum Gasteiger partial charge on any atom is -0.370 e. The van der Waals surface area contributed by atoms with Gasteiger partial charge in [-0.25, -0.2) is 4.39 Å². The zero-order valence-corrected chi connectivity index (χ0v) is 13.0. The highest BCUT2D eigenvalue weighted by atomic mass is 19.1. The fraction of sp³-hybridized carbons (Fsp3) is 0.222. The van der Waals surface area contributed by atoms with Gasteiger partial charge in [-0.15, -0.1) is 0 Å². The number of rotatable bonds is 3. The molecule has 0 radical (unpaired) electrons. The molecule has 0 saturated heterocycles. The third-order valence-electron chi connectivity index (χ3n) is 3.89. The van der Waals surface area contributed by atoms with Crippen LogP contribution in [0.3, 0.4) is 0 Å². The van der Waals surface area contributed by atoms with E-state index in [1.807, 2.05) is 18.2 Å². The van der Waals surface area contributed by atoms with Crippen molar-refractivity contribution in [2.24, 2.45) is 0 Å². The van der Waals surface area contributed by atoms with E-state index in [-0.39, 0.29) is 18.2 Å². The van der Waals surface area contributed by atoms with Crippen molar-refractivity contribution in [3.8, 4) is 0 Å². The summed E-state index contributed by atoms with van der Waals surface area (Å²) in [7, 11) is 0. The van der Waals surface area contributed by atoms with E-state index >= 15 is 0 Å². The Bertz CT molecular complexity index is 769. The molecule has 0 unspecified atom stereocenters. The van der Waals surface area contributed by atoms with Crippen LogP contribution in [-0.2, 0) is 4.79 Å². The van der Waals surface area contributed by atoms with Gasteiger partial charge in [0.15, 0.2) is 5.78 Å². The number of carbonyl (C=O) groups is 2. The number of anilines is 2. The molecule has 1 amide bonds. The summed E-state index contributed by atoms with van der Waals surface area (Å²) in [5, 5.41) is 3.18. The Morgan fingerprint density at radius 1 is 1.13 bits per heavy atom. The van der Waals surface area contributed by atoms with Crippen LogP contribution in [0.5, 0.6) is 0 Å². The fourth-order valence-corrected chi connectivity index (χ4v) is 2.68. The smallest absolute Gasteiger partial charge is 0.252 e. The third-order valence-corrected chi connectivity index (χ3v) is 3.89. The van der Waals surface area contributed by atoms with Gasteiger partial charge in [-0.1, -0.05) is 12.1 Å². The molecular weight excluding hydrogens is 295 g/mol. The molecule has 1 N–H and O–H groups in total. The number of hydrogen-bond donors (Lipinski definition) is 1. The van der Waals surface area contributed by atoms with E-state index in [0.29, 0.717) is 11.3 Å². The molecule has 0 spiro atoms. The highest BCUT2D eigenvalue weighted by Gasteiger charge is 2.39. The van der Waals surface area contributed by atoms with Gasteiger partial charge in [-0.2, -0.15) is 0 Å². The summed E-state index contributed by atoms with van der Waals surface area (Å²) in [6, 6.07) is 12.7. The van der Waals surface area contributed by atoms with Gasteiger partial charge >= 0.3 is 0 Å². The minimum atomic E-state index is -0.794. The van der Waals surface area contributed by atoms with Crippen LogP contribution in [0.15, 0.2) is 48.5 Å². The van der Waals surface area contributed by atoms with E-state index in [1.54, 1.807) is 19.9 Å². The molecule has 0 bridgehead atoms. The van der Waals surface area contributed by atoms with Gasteiger partial charge in [0.2, 0.25) is 0 Å². The number of halogens is 1. The second kappa shape index (κ2) is 5.50. The summed E-state index contributed by atoms with van der Waals surface area (Å²) in [6.07, 6.45) is 0. The van der Waals surface area contributed by atoms with Gasteiger partial charge in [0.25, 0.3) is 5.91 Å². The van der Waals surface area contributed by atoms with Crippen LogP contribution in [0.2, 0.25) is 0 Å². The maximum Gasteiger partial charge on any atom is 0.252 e. The molecule has 0 atom stereocenters. The summed E-state index contributed by atoms with van der Waals surface area (Å²) < 4.78 is 13.0. The average molecular weight is 312 g/mol. The molecule has 118 valence electrons. The second-order valence-corrected chi connectivity index (χ2v) is 6.09. The number of nitrogens with zero attached hydrogens (tertiary/aromatic N) is 1. The number of nitrogens with one attached hydrogen (secondary N) is 1. The second-order valence-electron chi connectivity index (χ2n) is 6.09. The summed E-state index contributed by atoms with van der Waals surface area (Å²) in [4.78, 5) is 26.6. The van der Waals surface area contributed by atoms with Crippen LogP contribution < -0.4 is 10.2 Å². The monoisotopic (exact) mass is 312 g/mol. The highest BCUT2D eigenvalue weighted by molar-refractivity contribution is 6.12. The van der Waals surface area contributed by atoms with Crippen molar-refractivity contribution in [3.63, 3.8) is 0 Å². The first kappa shape index (κ1) is 15.2. The van der Waals surface area contributed by atoms with Crippen LogP contribution in [0.25, 0.3) is 0 Å². The predicted octanol–water partition coefficient (Wildman–Crippen LogP) is 3.25. The summed E-state index contributed by atoms with van der Waals surface area (Å²) in [5.74, 6) is -0.802. The SMILES string of the molecule is CC1(C)Nc2ccccc2N(CC(=O)c2ccc(F)cc2)C1=O. The van der Waals surface area contributed by atoms with E-state index in [9.17, 15) is 14.0 Å². The number of amides is 1. The topological polar surface area (TPSA) is 49.4 Å². The van der Waals surface area contributed by atoms with Crippen molar-refractivity contribution >= 4 is 23.1 Å². The standard InChI is InChI=1S/C18H17FN2O2/c1-18(2)17(23)21(15-6-4-3-5-14(15)20-18)11-16(22)12-7-9-13(19)10-8-12/h3-10,20H,11H2,1-2H3. The van der Waals surface area contributed by atoms with E-state index in [0.717, 1.165) is 5.69 Å². The van der Waals surface area contributed by atoms with Gasteiger partial charge in [-0.3, -0.25) is 9.59 Å². The Kier molecular flexibility index (Phi) is 3.64. The molecule has 2 aromatic carbocycles. The Morgan fingerprint density at radius 2 is 1.78 bits per heavy atom. The molecule has 4 nitrogen and oxygen atoms in total. The van der Waals surface area contributed by atoms with Crippen LogP contribution in [0.4, 0.5) is 15.8 Å². The zero-order chi connectivity index (χ0) is 16.6. The van der Waals surface area contributed by atoms with Gasteiger partial charge in [-0.05, 0) is 50.2 Å². The molecule has 5 heteroatoms. The van der Waals surface area contributed by atoms with E-state index < -0.39 is 11.4 Å². The predicted molar refractivity (Wildman–Crippen MR) is 87.2 cm³/mol. The number of carbonyl (C=O) groups excluding carboxylic acids is 2. The van der Waals surface area contributed by atoms with Crippen molar-refractivity contribution in [3.05, 3.63) is 59.9 Å². The molecule has 0 saturated carbocycles. The molecule has 1 aliphatic rings. The lowest BCUT2D eigenvalue weighted by Crippen LogP contribution is -2.55. The van der Waals surface area contributed by atoms with Crippen molar-refractivity contribution in [1.29, 1.82) is 0 Å². The normalized spacial score (nSPS) is 15.8. The molecule has 3 rings (SSSR count). The Labute approximate surface area is 133 Å². The van der Waals surface area contributed by atoms with Crippen LogP contribution in [0.1, 0.15) is 24.2 Å². The van der Waals surface area contributed by atoms with Gasteiger partial charge in [0.1, 0.15) is 11.4 Å². The van der Waals surface area contributed by atoms with E-state index in [4.69, 9.17) is 0 Å². The molecule has 0 fully saturated rings. The Hall–Kier alpha value is -2.69. The molecule has 0 aromatic heterocycles. The van der Waals surface area contributed by atoms with Crippen molar-refractivity contribution in [2.75, 3.05) is 16.8 Å². The summed E-state index contributed by atoms with van der Waals surface area (Å²) >= 11 is 0. The van der Waals surface area contributed by atoms with Crippen molar-refractivity contribution in [2.45, 2.75) is 19.4 Å². The lowest BCUT2D eigenvalue weighted by Gasteiger charge is -2.39. The van der Waals surface area contributed by atoms with Gasteiger partial charge in [0.05, 0.1) is 17.9 Å². The lowest BCUT2D eigenvalue weighted by molar-refractivity contribution is -0.122. The molecule has 2 aromatic rings. The first-order valence-electron chi connectivity index (χ1n) is 7.36. The highest BCUT2D eigenvalue weighted by Crippen LogP contribution is 2.35. The zero-order valence-electron chi connectivity index (χ0n) is 13.0.